The molecule has 0 bridgehead atoms. The molecule has 0 aliphatic heterocycles. The van der Waals surface area contributed by atoms with Crippen LogP contribution in [0.4, 0.5) is 0 Å². The van der Waals surface area contributed by atoms with Gasteiger partial charge in [-0.1, -0.05) is 77.6 Å². The predicted molar refractivity (Wildman–Crippen MR) is 84.0 cm³/mol. The molecule has 0 aromatic heterocycles. The summed E-state index contributed by atoms with van der Waals surface area (Å²) in [6.07, 6.45) is 16.7. The molecule has 0 amide bonds. The molecule has 0 atom stereocenters. The van der Waals surface area contributed by atoms with Crippen LogP contribution in [0.5, 0.6) is 0 Å². The van der Waals surface area contributed by atoms with Gasteiger partial charge < -0.3 is 17.4 Å². The van der Waals surface area contributed by atoms with Crippen molar-refractivity contribution < 1.29 is 27.2 Å². The minimum Gasteiger partial charge on any atom is -0.344 e. The van der Waals surface area contributed by atoms with E-state index in [0.29, 0.717) is 6.42 Å². The zero-order valence-corrected chi connectivity index (χ0v) is 15.5. The molecule has 0 aliphatic carbocycles. The number of hydrogen-bond donors (Lipinski definition) is 1. The molecule has 0 rings (SSSR count). The fourth-order valence-electron chi connectivity index (χ4n) is 2.20. The summed E-state index contributed by atoms with van der Waals surface area (Å²) in [5, 5.41) is 0. The summed E-state index contributed by atoms with van der Waals surface area (Å²) in [4.78, 5) is 11.0. The van der Waals surface area contributed by atoms with Gasteiger partial charge in [0.2, 0.25) is 0 Å². The van der Waals surface area contributed by atoms with Crippen LogP contribution in [0.2, 0.25) is 0 Å². The van der Waals surface area contributed by atoms with Crippen molar-refractivity contribution in [2.45, 2.75) is 90.4 Å². The van der Waals surface area contributed by atoms with Crippen LogP contribution < -0.4 is 0 Å². The summed E-state index contributed by atoms with van der Waals surface area (Å²) in [6, 6.07) is 0. The van der Waals surface area contributed by atoms with Crippen LogP contribution >= 0.6 is 12.6 Å². The fraction of sp³-hybridized carbons (Fsp3) is 0.875. The molecule has 118 valence electrons. The van der Waals surface area contributed by atoms with Crippen molar-refractivity contribution in [2.75, 3.05) is 0 Å². The Kier molecular flexibility index (Phi) is 21.5. The largest absolute Gasteiger partial charge is 1.00 e. The van der Waals surface area contributed by atoms with E-state index in [0.717, 1.165) is 6.42 Å². The normalized spacial score (nSPS) is 10.0. The number of Topliss-reactive ketones (excluding diaryl/α,β-unsaturated/α-hetero) is 1. The minimum atomic E-state index is 0. The second-order valence-electron chi connectivity index (χ2n) is 5.23. The van der Waals surface area contributed by atoms with Crippen LogP contribution in [0, 0.1) is 5.75 Å². The number of carbonyl (C=O) groups excluding carboxylic acids is 1. The predicted octanol–water partition coefficient (Wildman–Crippen LogP) is 5.74. The standard InChI is InChI=1S/C16H31OS.Au/c1-2-3-4-5-6-7-8-9-10-11-12-13-14-16(17)15-18;/h15,18H,2-14H2,1H3;/q-1;+1. The SMILES string of the molecule is CCCCCCCCCCCCCCC(=O)[CH-]S.[Au+]. The van der Waals surface area contributed by atoms with E-state index in [-0.39, 0.29) is 28.2 Å². The average Bonchev–Trinajstić information content (AvgIpc) is 2.39. The van der Waals surface area contributed by atoms with Crippen LogP contribution in [0.25, 0.3) is 0 Å². The monoisotopic (exact) mass is 468 g/mol. The zero-order valence-electron chi connectivity index (χ0n) is 12.4. The third-order valence-corrected chi connectivity index (χ3v) is 3.71. The van der Waals surface area contributed by atoms with E-state index >= 15 is 0 Å². The van der Waals surface area contributed by atoms with Gasteiger partial charge in [-0.25, -0.2) is 0 Å². The van der Waals surface area contributed by atoms with Crippen LogP contribution in [-0.2, 0) is 27.2 Å². The van der Waals surface area contributed by atoms with Gasteiger partial charge in [-0.3, -0.25) is 5.75 Å². The average molecular weight is 468 g/mol. The topological polar surface area (TPSA) is 17.1 Å². The number of carbonyl (C=O) groups is 1. The molecule has 0 spiro atoms. The van der Waals surface area contributed by atoms with Gasteiger partial charge in [-0.2, -0.15) is 0 Å². The zero-order chi connectivity index (χ0) is 13.5. The Morgan fingerprint density at radius 2 is 1.16 bits per heavy atom. The maximum Gasteiger partial charge on any atom is 1.00 e. The molecule has 0 saturated carbocycles. The molecule has 0 aromatic rings. The summed E-state index contributed by atoms with van der Waals surface area (Å²) < 4.78 is 0. The molecule has 19 heavy (non-hydrogen) atoms. The van der Waals surface area contributed by atoms with Crippen LogP contribution in [0.3, 0.4) is 0 Å². The molecule has 1 nitrogen and oxygen atoms in total. The first-order valence-corrected chi connectivity index (χ1v) is 8.33. The van der Waals surface area contributed by atoms with Gasteiger partial charge in [0, 0.05) is 5.78 Å². The molecule has 3 heteroatoms. The Hall–Kier alpha value is 0.630. The molecule has 0 heterocycles. The quantitative estimate of drug-likeness (QED) is 0.149. The van der Waals surface area contributed by atoms with Gasteiger partial charge in [0.25, 0.3) is 0 Å². The van der Waals surface area contributed by atoms with E-state index in [4.69, 9.17) is 0 Å². The summed E-state index contributed by atoms with van der Waals surface area (Å²) >= 11 is 3.85. The van der Waals surface area contributed by atoms with Crippen molar-refractivity contribution in [2.24, 2.45) is 0 Å². The fourth-order valence-corrected chi connectivity index (χ4v) is 2.33. The number of unbranched alkanes of at least 4 members (excludes halogenated alkanes) is 11. The maximum absolute atomic E-state index is 11.0. The minimum absolute atomic E-state index is 0. The summed E-state index contributed by atoms with van der Waals surface area (Å²) in [6.45, 7) is 2.27. The number of thiol groups is 1. The van der Waals surface area contributed by atoms with Crippen LogP contribution in [-0.4, -0.2) is 5.78 Å². The molecule has 0 aromatic carbocycles. The van der Waals surface area contributed by atoms with Crippen molar-refractivity contribution in [3.05, 3.63) is 5.75 Å². The summed E-state index contributed by atoms with van der Waals surface area (Å²) in [7, 11) is 0. The van der Waals surface area contributed by atoms with E-state index in [2.05, 4.69) is 19.6 Å². The molecular weight excluding hydrogens is 437 g/mol. The van der Waals surface area contributed by atoms with Gasteiger partial charge in [-0.05, 0) is 12.8 Å². The summed E-state index contributed by atoms with van der Waals surface area (Å²) in [5.41, 5.74) is 0. The van der Waals surface area contributed by atoms with Gasteiger partial charge in [0.05, 0.1) is 0 Å². The van der Waals surface area contributed by atoms with Crippen LogP contribution in [0.15, 0.2) is 0 Å². The van der Waals surface area contributed by atoms with Gasteiger partial charge >= 0.3 is 22.4 Å². The van der Waals surface area contributed by atoms with E-state index in [1.165, 1.54) is 76.4 Å². The Balaban J connectivity index is 0. The van der Waals surface area contributed by atoms with Crippen molar-refractivity contribution in [3.8, 4) is 0 Å². The molecule has 0 radical (unpaired) electrons. The third kappa shape index (κ3) is 18.6. The maximum atomic E-state index is 11.0. The Morgan fingerprint density at radius 3 is 1.53 bits per heavy atom. The number of ketones is 1. The second kappa shape index (κ2) is 18.6. The van der Waals surface area contributed by atoms with E-state index < -0.39 is 0 Å². The molecular formula is C16H31AuOS. The second-order valence-corrected chi connectivity index (χ2v) is 5.49. The Morgan fingerprint density at radius 1 is 0.789 bits per heavy atom. The number of rotatable bonds is 14. The molecule has 0 unspecified atom stereocenters. The molecule has 0 N–H and O–H groups in total. The van der Waals surface area contributed by atoms with E-state index in [1.807, 2.05) is 0 Å². The third-order valence-electron chi connectivity index (χ3n) is 3.42. The first kappa shape index (κ1) is 21.9. The van der Waals surface area contributed by atoms with Crippen molar-refractivity contribution in [1.82, 2.24) is 0 Å². The molecule has 0 fully saturated rings. The Labute approximate surface area is 141 Å². The van der Waals surface area contributed by atoms with Gasteiger partial charge in [0.1, 0.15) is 0 Å². The Bertz CT molecular complexity index is 186. The first-order chi connectivity index (χ1) is 8.81. The van der Waals surface area contributed by atoms with Crippen LogP contribution in [0.1, 0.15) is 90.4 Å². The molecule has 0 saturated heterocycles. The van der Waals surface area contributed by atoms with E-state index in [9.17, 15) is 4.79 Å². The number of hydrogen-bond acceptors (Lipinski definition) is 2. The van der Waals surface area contributed by atoms with Gasteiger partial charge in [-0.15, -0.1) is 0 Å². The van der Waals surface area contributed by atoms with Crippen molar-refractivity contribution >= 4 is 18.4 Å². The smallest absolute Gasteiger partial charge is 0.344 e. The summed E-state index contributed by atoms with van der Waals surface area (Å²) in [5.74, 6) is 1.56. The van der Waals surface area contributed by atoms with Crippen molar-refractivity contribution in [1.29, 1.82) is 0 Å². The van der Waals surface area contributed by atoms with Crippen molar-refractivity contribution in [3.63, 3.8) is 0 Å². The molecule has 0 aliphatic rings. The van der Waals surface area contributed by atoms with E-state index in [1.54, 1.807) is 0 Å². The van der Waals surface area contributed by atoms with Gasteiger partial charge in [0.15, 0.2) is 0 Å². The first-order valence-electron chi connectivity index (χ1n) is 7.81.